The summed E-state index contributed by atoms with van der Waals surface area (Å²) >= 11 is 0. The fraction of sp³-hybridized carbons (Fsp3) is 0.276. The first-order chi connectivity index (χ1) is 17.3. The second-order valence-corrected chi connectivity index (χ2v) is 8.56. The molecule has 1 atom stereocenters. The Morgan fingerprint density at radius 3 is 2.47 bits per heavy atom. The van der Waals surface area contributed by atoms with E-state index in [1.54, 1.807) is 53.4 Å². The van der Waals surface area contributed by atoms with Crippen molar-refractivity contribution in [3.8, 4) is 11.5 Å². The van der Waals surface area contributed by atoms with E-state index in [1.807, 2.05) is 26.0 Å². The molecule has 36 heavy (non-hydrogen) atoms. The summed E-state index contributed by atoms with van der Waals surface area (Å²) < 4.78 is 6.07. The summed E-state index contributed by atoms with van der Waals surface area (Å²) in [6.45, 7) is 11.5. The summed E-state index contributed by atoms with van der Waals surface area (Å²) in [5.74, 6) is -0.875. The van der Waals surface area contributed by atoms with Crippen LogP contribution in [0.15, 0.2) is 66.7 Å². The summed E-state index contributed by atoms with van der Waals surface area (Å²) in [6, 6.07) is 18.7. The van der Waals surface area contributed by atoms with Gasteiger partial charge < -0.3 is 19.8 Å². The van der Waals surface area contributed by atoms with Crippen molar-refractivity contribution in [2.45, 2.75) is 39.2 Å². The topological polar surface area (TPSA) is 91.4 Å². The molecule has 3 aromatic carbocycles. The van der Waals surface area contributed by atoms with Gasteiger partial charge in [0.1, 0.15) is 18.0 Å². The third-order valence-electron chi connectivity index (χ3n) is 5.95. The Morgan fingerprint density at radius 2 is 1.83 bits per heavy atom. The van der Waals surface area contributed by atoms with Crippen LogP contribution in [0.5, 0.6) is 11.5 Å². The number of anilines is 1. The van der Waals surface area contributed by atoms with Gasteiger partial charge in [-0.3, -0.25) is 9.59 Å². The average Bonchev–Trinajstić information content (AvgIpc) is 2.87. The van der Waals surface area contributed by atoms with Gasteiger partial charge in [-0.15, -0.1) is 0 Å². The highest BCUT2D eigenvalue weighted by atomic mass is 16.5. The van der Waals surface area contributed by atoms with E-state index in [4.69, 9.17) is 11.3 Å². The molecular weight excluding hydrogens is 456 g/mol. The Bertz CT molecular complexity index is 1250. The first-order valence-electron chi connectivity index (χ1n) is 11.9. The van der Waals surface area contributed by atoms with Crippen LogP contribution < -0.4 is 9.64 Å². The summed E-state index contributed by atoms with van der Waals surface area (Å²) in [7, 11) is 0. The van der Waals surface area contributed by atoms with Crippen molar-refractivity contribution < 1.29 is 24.5 Å². The number of aromatic hydroxyl groups is 1. The number of hydrogen-bond acceptors (Lipinski definition) is 5. The van der Waals surface area contributed by atoms with Crippen molar-refractivity contribution in [3.63, 3.8) is 0 Å². The molecular formula is C29H30N2O5. The summed E-state index contributed by atoms with van der Waals surface area (Å²) in [4.78, 5) is 29.4. The summed E-state index contributed by atoms with van der Waals surface area (Å²) in [6.07, 6.45) is 1.91. The number of benzene rings is 3. The Balaban J connectivity index is 1.64. The van der Waals surface area contributed by atoms with E-state index in [1.165, 1.54) is 6.07 Å². The molecule has 3 rings (SSSR count). The maximum Gasteiger partial charge on any atom is 0.323 e. The summed E-state index contributed by atoms with van der Waals surface area (Å²) in [5.41, 5.74) is 2.82. The molecule has 7 heteroatoms. The van der Waals surface area contributed by atoms with E-state index in [0.29, 0.717) is 36.4 Å². The van der Waals surface area contributed by atoms with Gasteiger partial charge in [-0.05, 0) is 49.9 Å². The number of aryl methyl sites for hydroxylation is 1. The van der Waals surface area contributed by atoms with Crippen molar-refractivity contribution in [2.24, 2.45) is 0 Å². The highest BCUT2D eigenvalue weighted by Crippen LogP contribution is 2.29. The predicted molar refractivity (Wildman–Crippen MR) is 139 cm³/mol. The Hall–Kier alpha value is -4.31. The molecule has 2 N–H and O–H groups in total. The maximum atomic E-state index is 12.7. The minimum atomic E-state index is -0.938. The van der Waals surface area contributed by atoms with E-state index in [9.17, 15) is 19.8 Å². The van der Waals surface area contributed by atoms with Crippen LogP contribution in [0.2, 0.25) is 0 Å². The standard InChI is InChI=1S/C29H30N2O5/c1-4-23(11-8-16-31(19-28(33)34)26-17-22(30-3)13-12-20(26)2)36-24-14-15-25(27(32)18-24)29(35)21-9-6-5-7-10-21/h5-7,9-10,12-15,17-18,23,32H,4,8,11,16,19H2,1-2H3,(H,33,34). The van der Waals surface area contributed by atoms with Crippen LogP contribution >= 0.6 is 0 Å². The van der Waals surface area contributed by atoms with Crippen LogP contribution in [0.25, 0.3) is 4.85 Å². The Labute approximate surface area is 211 Å². The monoisotopic (exact) mass is 486 g/mol. The van der Waals surface area contributed by atoms with Gasteiger partial charge in [0.15, 0.2) is 11.5 Å². The van der Waals surface area contributed by atoms with Crippen molar-refractivity contribution in [3.05, 3.63) is 94.8 Å². The van der Waals surface area contributed by atoms with Crippen LogP contribution in [0.3, 0.4) is 0 Å². The number of ether oxygens (including phenoxy) is 1. The molecule has 0 radical (unpaired) electrons. The number of rotatable bonds is 12. The normalized spacial score (nSPS) is 11.4. The number of aliphatic carboxylic acids is 1. The molecule has 186 valence electrons. The molecule has 0 fully saturated rings. The minimum Gasteiger partial charge on any atom is -0.507 e. The number of hydrogen-bond donors (Lipinski definition) is 2. The molecule has 0 bridgehead atoms. The van der Waals surface area contributed by atoms with Gasteiger partial charge in [0.25, 0.3) is 0 Å². The van der Waals surface area contributed by atoms with E-state index in [0.717, 1.165) is 17.7 Å². The van der Waals surface area contributed by atoms with Crippen molar-refractivity contribution in [1.82, 2.24) is 0 Å². The number of phenolic OH excluding ortho intramolecular Hbond substituents is 1. The lowest BCUT2D eigenvalue weighted by atomic mass is 10.0. The molecule has 1 unspecified atom stereocenters. The Morgan fingerprint density at radius 1 is 1.08 bits per heavy atom. The molecule has 0 saturated carbocycles. The molecule has 0 aliphatic heterocycles. The second kappa shape index (κ2) is 12.4. The van der Waals surface area contributed by atoms with E-state index >= 15 is 0 Å². The third kappa shape index (κ3) is 6.86. The largest absolute Gasteiger partial charge is 0.507 e. The number of phenols is 1. The van der Waals surface area contributed by atoms with Gasteiger partial charge in [-0.1, -0.05) is 49.4 Å². The number of ketones is 1. The number of carboxylic acid groups (broad SMARTS) is 1. The fourth-order valence-corrected chi connectivity index (χ4v) is 4.03. The van der Waals surface area contributed by atoms with Crippen LogP contribution in [0.4, 0.5) is 11.4 Å². The van der Waals surface area contributed by atoms with Gasteiger partial charge in [-0.25, -0.2) is 4.85 Å². The van der Waals surface area contributed by atoms with Crippen LogP contribution in [-0.4, -0.2) is 41.2 Å². The van der Waals surface area contributed by atoms with Gasteiger partial charge in [0, 0.05) is 23.9 Å². The van der Waals surface area contributed by atoms with Crippen LogP contribution in [-0.2, 0) is 4.79 Å². The molecule has 0 aliphatic rings. The van der Waals surface area contributed by atoms with Gasteiger partial charge in [0.05, 0.1) is 18.2 Å². The first kappa shape index (κ1) is 26.3. The lowest BCUT2D eigenvalue weighted by Gasteiger charge is -2.26. The number of carbonyl (C=O) groups is 2. The molecule has 0 heterocycles. The smallest absolute Gasteiger partial charge is 0.323 e. The highest BCUT2D eigenvalue weighted by molar-refractivity contribution is 6.10. The molecule has 0 amide bonds. The SMILES string of the molecule is [C-]#[N+]c1ccc(C)c(N(CCCC(CC)Oc2ccc(C(=O)c3ccccc3)c(O)c2)CC(=O)O)c1. The molecule has 0 aliphatic carbocycles. The van der Waals surface area contributed by atoms with E-state index < -0.39 is 5.97 Å². The van der Waals surface area contributed by atoms with Crippen molar-refractivity contribution in [2.75, 3.05) is 18.0 Å². The predicted octanol–water partition coefficient (Wildman–Crippen LogP) is 6.01. The molecule has 0 saturated heterocycles. The first-order valence-corrected chi connectivity index (χ1v) is 11.9. The quantitative estimate of drug-likeness (QED) is 0.241. The van der Waals surface area contributed by atoms with Gasteiger partial charge in [0.2, 0.25) is 0 Å². The molecule has 0 aromatic heterocycles. The van der Waals surface area contributed by atoms with Crippen LogP contribution in [0.1, 0.15) is 47.7 Å². The van der Waals surface area contributed by atoms with Gasteiger partial charge >= 0.3 is 5.97 Å². The van der Waals surface area contributed by atoms with Crippen molar-refractivity contribution >= 4 is 23.1 Å². The zero-order valence-electron chi connectivity index (χ0n) is 20.5. The number of nitrogens with zero attached hydrogens (tertiary/aromatic N) is 2. The molecule has 3 aromatic rings. The zero-order chi connectivity index (χ0) is 26.1. The minimum absolute atomic E-state index is 0.140. The maximum absolute atomic E-state index is 12.7. The zero-order valence-corrected chi connectivity index (χ0v) is 20.5. The fourth-order valence-electron chi connectivity index (χ4n) is 4.03. The lowest BCUT2D eigenvalue weighted by Crippen LogP contribution is -2.32. The molecule has 7 nitrogen and oxygen atoms in total. The number of carbonyl (C=O) groups excluding carboxylic acids is 1. The third-order valence-corrected chi connectivity index (χ3v) is 5.95. The number of carboxylic acids is 1. The van der Waals surface area contributed by atoms with Crippen molar-refractivity contribution in [1.29, 1.82) is 0 Å². The highest BCUT2D eigenvalue weighted by Gasteiger charge is 2.17. The lowest BCUT2D eigenvalue weighted by molar-refractivity contribution is -0.135. The van der Waals surface area contributed by atoms with E-state index in [-0.39, 0.29) is 29.7 Å². The van der Waals surface area contributed by atoms with Gasteiger partial charge in [-0.2, -0.15) is 0 Å². The average molecular weight is 487 g/mol. The second-order valence-electron chi connectivity index (χ2n) is 8.56. The summed E-state index contributed by atoms with van der Waals surface area (Å²) in [5, 5.41) is 19.8. The van der Waals surface area contributed by atoms with E-state index in [2.05, 4.69) is 4.85 Å². The molecule has 0 spiro atoms. The van der Waals surface area contributed by atoms with Crippen LogP contribution in [0, 0.1) is 13.5 Å². The Kier molecular flexibility index (Phi) is 9.07.